The fourth-order valence-electron chi connectivity index (χ4n) is 2.78. The van der Waals surface area contributed by atoms with Crippen molar-refractivity contribution < 1.29 is 13.9 Å². The maximum atomic E-state index is 13.0. The Labute approximate surface area is 192 Å². The lowest BCUT2D eigenvalue weighted by Crippen LogP contribution is -2.11. The van der Waals surface area contributed by atoms with Crippen LogP contribution in [0.3, 0.4) is 0 Å². The number of hydrogen-bond donors (Lipinski definition) is 1. The van der Waals surface area contributed by atoms with E-state index in [9.17, 15) is 9.18 Å². The molecule has 5 nitrogen and oxygen atoms in total. The van der Waals surface area contributed by atoms with Crippen LogP contribution in [-0.2, 0) is 13.2 Å². The van der Waals surface area contributed by atoms with Crippen molar-refractivity contribution in [1.29, 1.82) is 0 Å². The van der Waals surface area contributed by atoms with Crippen LogP contribution in [0, 0.1) is 5.82 Å². The lowest BCUT2D eigenvalue weighted by molar-refractivity contribution is 0.103. The van der Waals surface area contributed by atoms with Crippen LogP contribution in [0.25, 0.3) is 0 Å². The number of anilines is 1. The van der Waals surface area contributed by atoms with Gasteiger partial charge in [0.25, 0.3) is 5.91 Å². The zero-order valence-corrected chi connectivity index (χ0v) is 18.3. The van der Waals surface area contributed by atoms with Gasteiger partial charge in [0.15, 0.2) is 5.82 Å². The minimum absolute atomic E-state index is 0.265. The molecule has 0 saturated carbocycles. The number of nitrogens with one attached hydrogen (secondary N) is 1. The molecule has 158 valence electrons. The normalized spacial score (nSPS) is 10.8. The summed E-state index contributed by atoms with van der Waals surface area (Å²) in [7, 11) is 0. The summed E-state index contributed by atoms with van der Waals surface area (Å²) >= 11 is 13.4. The molecule has 2 aromatic heterocycles. The molecule has 2 heterocycles. The van der Waals surface area contributed by atoms with Gasteiger partial charge in [-0.15, -0.1) is 11.3 Å². The number of halogens is 3. The third kappa shape index (κ3) is 5.64. The van der Waals surface area contributed by atoms with Gasteiger partial charge in [0, 0.05) is 16.8 Å². The molecule has 0 radical (unpaired) electrons. The molecule has 4 aromatic rings. The Morgan fingerprint density at radius 3 is 2.58 bits per heavy atom. The van der Waals surface area contributed by atoms with Crippen LogP contribution in [0.2, 0.25) is 10.0 Å². The van der Waals surface area contributed by atoms with Gasteiger partial charge in [-0.25, -0.2) is 4.39 Å². The first-order valence-electron chi connectivity index (χ1n) is 9.21. The van der Waals surface area contributed by atoms with Gasteiger partial charge in [-0.2, -0.15) is 5.10 Å². The Hall–Kier alpha value is -2.87. The highest BCUT2D eigenvalue weighted by atomic mass is 35.5. The van der Waals surface area contributed by atoms with E-state index in [2.05, 4.69) is 10.4 Å². The Kier molecular flexibility index (Phi) is 6.56. The maximum absolute atomic E-state index is 13.0. The van der Waals surface area contributed by atoms with Crippen LogP contribution < -0.4 is 10.1 Å². The number of carbonyl (C=O) groups excluding carboxylic acids is 1. The van der Waals surface area contributed by atoms with E-state index in [-0.39, 0.29) is 17.5 Å². The van der Waals surface area contributed by atoms with E-state index >= 15 is 0 Å². The molecule has 0 saturated heterocycles. The Morgan fingerprint density at radius 2 is 1.84 bits per heavy atom. The molecule has 1 N–H and O–H groups in total. The standard InChI is InChI=1S/C22H16Cl2FN3O2S/c23-16-3-7-18(8-4-16)30-12-15-9-20(31-13-15)22(29)26-21-19(24)11-28(27-21)10-14-1-5-17(25)6-2-14/h1-9,11,13H,10,12H2,(H,26,27,29). The van der Waals surface area contributed by atoms with Gasteiger partial charge < -0.3 is 10.1 Å². The molecule has 4 rings (SSSR count). The first kappa shape index (κ1) is 21.4. The Bertz CT molecular complexity index is 1190. The van der Waals surface area contributed by atoms with Crippen LogP contribution in [0.5, 0.6) is 5.75 Å². The van der Waals surface area contributed by atoms with Crippen molar-refractivity contribution in [2.75, 3.05) is 5.32 Å². The van der Waals surface area contributed by atoms with Gasteiger partial charge in [-0.1, -0.05) is 35.3 Å². The zero-order valence-electron chi connectivity index (χ0n) is 16.0. The van der Waals surface area contributed by atoms with Crippen molar-refractivity contribution >= 4 is 46.3 Å². The molecule has 0 aliphatic rings. The average Bonchev–Trinajstić information content (AvgIpc) is 3.36. The molecule has 0 fully saturated rings. The molecule has 0 bridgehead atoms. The summed E-state index contributed by atoms with van der Waals surface area (Å²) in [6.45, 7) is 0.736. The topological polar surface area (TPSA) is 56.2 Å². The fourth-order valence-corrected chi connectivity index (χ4v) is 3.89. The van der Waals surface area contributed by atoms with Crippen molar-refractivity contribution in [1.82, 2.24) is 9.78 Å². The van der Waals surface area contributed by atoms with Crippen molar-refractivity contribution in [2.45, 2.75) is 13.2 Å². The lowest BCUT2D eigenvalue weighted by atomic mass is 10.2. The number of rotatable bonds is 7. The van der Waals surface area contributed by atoms with Gasteiger partial charge in [0.2, 0.25) is 0 Å². The van der Waals surface area contributed by atoms with Crippen LogP contribution in [-0.4, -0.2) is 15.7 Å². The number of nitrogens with zero attached hydrogens (tertiary/aromatic N) is 2. The summed E-state index contributed by atoms with van der Waals surface area (Å²) in [5.74, 6) is 0.349. The van der Waals surface area contributed by atoms with E-state index in [0.717, 1.165) is 11.1 Å². The second-order valence-corrected chi connectivity index (χ2v) is 8.42. The number of amides is 1. The molecule has 2 aromatic carbocycles. The monoisotopic (exact) mass is 475 g/mol. The van der Waals surface area contributed by atoms with E-state index in [0.29, 0.717) is 33.8 Å². The fraction of sp³-hybridized carbons (Fsp3) is 0.0909. The van der Waals surface area contributed by atoms with Crippen LogP contribution in [0.15, 0.2) is 66.2 Å². The number of carbonyl (C=O) groups is 1. The molecule has 0 atom stereocenters. The van der Waals surface area contributed by atoms with Gasteiger partial charge in [0.05, 0.1) is 11.4 Å². The van der Waals surface area contributed by atoms with E-state index in [1.54, 1.807) is 53.3 Å². The van der Waals surface area contributed by atoms with Crippen molar-refractivity contribution in [2.24, 2.45) is 0 Å². The van der Waals surface area contributed by atoms with E-state index < -0.39 is 0 Å². The third-order valence-electron chi connectivity index (χ3n) is 4.30. The lowest BCUT2D eigenvalue weighted by Gasteiger charge is -2.04. The molecule has 0 spiro atoms. The molecule has 0 aliphatic heterocycles. The second kappa shape index (κ2) is 9.51. The summed E-state index contributed by atoms with van der Waals surface area (Å²) in [4.78, 5) is 13.1. The van der Waals surface area contributed by atoms with Crippen LogP contribution >= 0.6 is 34.5 Å². The number of hydrogen-bond acceptors (Lipinski definition) is 4. The van der Waals surface area contributed by atoms with Gasteiger partial charge in [-0.05, 0) is 53.4 Å². The number of benzene rings is 2. The maximum Gasteiger partial charge on any atom is 0.266 e. The average molecular weight is 476 g/mol. The number of aromatic nitrogens is 2. The smallest absolute Gasteiger partial charge is 0.266 e. The highest BCUT2D eigenvalue weighted by Crippen LogP contribution is 2.23. The molecule has 1 amide bonds. The highest BCUT2D eigenvalue weighted by Gasteiger charge is 2.15. The first-order valence-corrected chi connectivity index (χ1v) is 10.8. The van der Waals surface area contributed by atoms with Crippen molar-refractivity contribution in [3.8, 4) is 5.75 Å². The Balaban J connectivity index is 1.36. The predicted octanol–water partition coefficient (Wildman–Crippen LogP) is 6.27. The largest absolute Gasteiger partial charge is 0.489 e. The molecule has 31 heavy (non-hydrogen) atoms. The zero-order chi connectivity index (χ0) is 21.8. The van der Waals surface area contributed by atoms with Gasteiger partial charge in [0.1, 0.15) is 23.2 Å². The summed E-state index contributed by atoms with van der Waals surface area (Å²) < 4.78 is 20.3. The molecular formula is C22H16Cl2FN3O2S. The predicted molar refractivity (Wildman–Crippen MR) is 121 cm³/mol. The quantitative estimate of drug-likeness (QED) is 0.342. The number of thiophene rings is 1. The van der Waals surface area contributed by atoms with Gasteiger partial charge >= 0.3 is 0 Å². The summed E-state index contributed by atoms with van der Waals surface area (Å²) in [5, 5.41) is 9.86. The first-order chi connectivity index (χ1) is 15.0. The van der Waals surface area contributed by atoms with E-state index in [1.165, 1.54) is 23.5 Å². The van der Waals surface area contributed by atoms with Crippen molar-refractivity contribution in [3.05, 3.63) is 98.0 Å². The van der Waals surface area contributed by atoms with Crippen LogP contribution in [0.4, 0.5) is 10.2 Å². The second-order valence-electron chi connectivity index (χ2n) is 6.67. The SMILES string of the molecule is O=C(Nc1nn(Cc2ccc(F)cc2)cc1Cl)c1cc(COc2ccc(Cl)cc2)cs1. The molecule has 0 aliphatic carbocycles. The van der Waals surface area contributed by atoms with Crippen molar-refractivity contribution in [3.63, 3.8) is 0 Å². The van der Waals surface area contributed by atoms with Crippen LogP contribution in [0.1, 0.15) is 20.8 Å². The minimum atomic E-state index is -0.309. The minimum Gasteiger partial charge on any atom is -0.489 e. The molecule has 9 heteroatoms. The van der Waals surface area contributed by atoms with E-state index in [1.807, 2.05) is 5.38 Å². The van der Waals surface area contributed by atoms with Gasteiger partial charge in [-0.3, -0.25) is 9.48 Å². The number of ether oxygens (including phenoxy) is 1. The third-order valence-corrected chi connectivity index (χ3v) is 5.81. The van der Waals surface area contributed by atoms with E-state index in [4.69, 9.17) is 27.9 Å². The summed E-state index contributed by atoms with van der Waals surface area (Å²) in [5.41, 5.74) is 1.74. The summed E-state index contributed by atoms with van der Waals surface area (Å²) in [6.07, 6.45) is 1.61. The summed E-state index contributed by atoms with van der Waals surface area (Å²) in [6, 6.07) is 14.9. The Morgan fingerprint density at radius 1 is 1.10 bits per heavy atom. The molecule has 0 unspecified atom stereocenters. The molecular weight excluding hydrogens is 460 g/mol. The highest BCUT2D eigenvalue weighted by molar-refractivity contribution is 7.12.